The van der Waals surface area contributed by atoms with Gasteiger partial charge in [0, 0.05) is 30.5 Å². The predicted octanol–water partition coefficient (Wildman–Crippen LogP) is 1.61. The van der Waals surface area contributed by atoms with E-state index >= 15 is 0 Å². The van der Waals surface area contributed by atoms with E-state index in [1.807, 2.05) is 0 Å². The summed E-state index contributed by atoms with van der Waals surface area (Å²) < 4.78 is 0. The smallest absolute Gasteiger partial charge is 0.255 e. The summed E-state index contributed by atoms with van der Waals surface area (Å²) in [5, 5.41) is 46.6. The van der Waals surface area contributed by atoms with Gasteiger partial charge in [-0.1, -0.05) is 18.9 Å². The van der Waals surface area contributed by atoms with Crippen molar-refractivity contribution in [2.24, 2.45) is 17.6 Å². The maximum atomic E-state index is 13.5. The van der Waals surface area contributed by atoms with E-state index < -0.39 is 52.0 Å². The predicted molar refractivity (Wildman–Crippen MR) is 120 cm³/mol. The Hall–Kier alpha value is -3.17. The van der Waals surface area contributed by atoms with Gasteiger partial charge >= 0.3 is 0 Å². The molecule has 0 bridgehead atoms. The molecule has 0 heterocycles. The molecular formula is C25H28N2O7. The lowest BCUT2D eigenvalue weighted by Crippen LogP contribution is -2.57. The van der Waals surface area contributed by atoms with E-state index in [-0.39, 0.29) is 29.7 Å². The number of carbonyl (C=O) groups excluding carboxylic acids is 3. The monoisotopic (exact) mass is 468 g/mol. The van der Waals surface area contributed by atoms with Gasteiger partial charge in [-0.2, -0.15) is 0 Å². The second-order valence-corrected chi connectivity index (χ2v) is 9.87. The van der Waals surface area contributed by atoms with Gasteiger partial charge in [-0.15, -0.1) is 0 Å². The van der Waals surface area contributed by atoms with Crippen molar-refractivity contribution >= 4 is 17.5 Å². The second kappa shape index (κ2) is 7.95. The number of phenolic OH excluding ortho intramolecular Hbond substituents is 1. The molecule has 1 amide bonds. The number of ketones is 2. The topological polar surface area (TPSA) is 170 Å². The summed E-state index contributed by atoms with van der Waals surface area (Å²) in [4.78, 5) is 38.2. The number of nitrogens with one attached hydrogen (secondary N) is 1. The highest BCUT2D eigenvalue weighted by atomic mass is 16.3. The summed E-state index contributed by atoms with van der Waals surface area (Å²) >= 11 is 0. The van der Waals surface area contributed by atoms with Crippen LogP contribution in [0.4, 0.5) is 0 Å². The number of nitrogens with two attached hydrogens (primary N) is 1. The van der Waals surface area contributed by atoms with Crippen LogP contribution in [0.5, 0.6) is 5.75 Å². The van der Waals surface area contributed by atoms with Crippen LogP contribution in [0.25, 0.3) is 0 Å². The van der Waals surface area contributed by atoms with Crippen molar-refractivity contribution < 1.29 is 34.8 Å². The second-order valence-electron chi connectivity index (χ2n) is 9.87. The van der Waals surface area contributed by atoms with Gasteiger partial charge < -0.3 is 31.5 Å². The molecule has 1 aromatic carbocycles. The molecule has 3 atom stereocenters. The van der Waals surface area contributed by atoms with Gasteiger partial charge in [0.2, 0.25) is 5.78 Å². The van der Waals surface area contributed by atoms with E-state index in [1.54, 1.807) is 6.07 Å². The molecule has 0 saturated heterocycles. The molecule has 34 heavy (non-hydrogen) atoms. The Balaban J connectivity index is 1.56. The minimum atomic E-state index is -2.53. The fourth-order valence-corrected chi connectivity index (χ4v) is 6.23. The fraction of sp³-hybridized carbons (Fsp3) is 0.480. The number of amides is 1. The number of fused-ring (bicyclic) bond motifs is 3. The van der Waals surface area contributed by atoms with Gasteiger partial charge in [0.1, 0.15) is 22.8 Å². The molecule has 1 aromatic rings. The Morgan fingerprint density at radius 2 is 1.82 bits per heavy atom. The maximum Gasteiger partial charge on any atom is 0.255 e. The summed E-state index contributed by atoms with van der Waals surface area (Å²) in [6, 6.07) is 3.64. The third kappa shape index (κ3) is 3.18. The molecule has 0 spiro atoms. The van der Waals surface area contributed by atoms with E-state index in [2.05, 4.69) is 5.32 Å². The summed E-state index contributed by atoms with van der Waals surface area (Å²) in [5.41, 5.74) is 3.39. The number of aromatic hydroxyl groups is 1. The standard InChI is InChI=1S/C25H28N2O7/c26-24(33)20-17(29)9-13-7-12-8-15-11(10-27-14-3-1-2-4-14)5-6-16(28)19(15)21(30)18(12)22(31)25(13,34)23(20)32/h5-6,12-14,27-29,31,34H,1-4,7-10H2,(H2,26,33)/t12-,13+,25+/m1/s1. The maximum absolute atomic E-state index is 13.5. The summed E-state index contributed by atoms with van der Waals surface area (Å²) in [5.74, 6) is -6.11. The van der Waals surface area contributed by atoms with Gasteiger partial charge in [-0.3, -0.25) is 14.4 Å². The number of primary amides is 1. The van der Waals surface area contributed by atoms with Crippen LogP contribution >= 0.6 is 0 Å². The lowest BCUT2D eigenvalue weighted by atomic mass is 9.60. The van der Waals surface area contributed by atoms with Crippen molar-refractivity contribution in [3.8, 4) is 5.75 Å². The SMILES string of the molecule is NC(=O)C1=C(O)C[C@@H]2C[C@@H]3Cc4c(CNC5CCCC5)ccc(O)c4C(=O)C3=C(O)[C@]2(O)C1=O. The minimum Gasteiger partial charge on any atom is -0.511 e. The zero-order chi connectivity index (χ0) is 24.4. The number of carbonyl (C=O) groups is 3. The zero-order valence-corrected chi connectivity index (χ0v) is 18.6. The number of phenols is 1. The van der Waals surface area contributed by atoms with Crippen molar-refractivity contribution in [3.63, 3.8) is 0 Å². The molecule has 1 fully saturated rings. The van der Waals surface area contributed by atoms with Crippen LogP contribution in [0.3, 0.4) is 0 Å². The number of aliphatic hydroxyl groups excluding tert-OH is 2. The molecule has 9 nitrogen and oxygen atoms in total. The first-order valence-corrected chi connectivity index (χ1v) is 11.7. The van der Waals surface area contributed by atoms with E-state index in [9.17, 15) is 34.8 Å². The Kier molecular flexibility index (Phi) is 5.29. The minimum absolute atomic E-state index is 0.0577. The normalized spacial score (nSPS) is 29.2. The average Bonchev–Trinajstić information content (AvgIpc) is 3.29. The third-order valence-electron chi connectivity index (χ3n) is 7.98. The lowest BCUT2D eigenvalue weighted by molar-refractivity contribution is -0.144. The third-order valence-corrected chi connectivity index (χ3v) is 7.98. The molecule has 5 rings (SSSR count). The van der Waals surface area contributed by atoms with Gasteiger partial charge in [0.15, 0.2) is 11.4 Å². The molecule has 4 aliphatic carbocycles. The summed E-state index contributed by atoms with van der Waals surface area (Å²) in [6.07, 6.45) is 4.79. The molecule has 0 aromatic heterocycles. The fourth-order valence-electron chi connectivity index (χ4n) is 6.23. The Labute approximate surface area is 196 Å². The van der Waals surface area contributed by atoms with Crippen LogP contribution in [-0.2, 0) is 22.6 Å². The number of hydrogen-bond donors (Lipinski definition) is 6. The van der Waals surface area contributed by atoms with E-state index in [0.29, 0.717) is 24.6 Å². The molecular weight excluding hydrogens is 440 g/mol. The Morgan fingerprint density at radius 1 is 1.12 bits per heavy atom. The van der Waals surface area contributed by atoms with E-state index in [0.717, 1.165) is 18.4 Å². The molecule has 180 valence electrons. The molecule has 7 N–H and O–H groups in total. The van der Waals surface area contributed by atoms with Crippen molar-refractivity contribution in [3.05, 3.63) is 51.5 Å². The Bertz CT molecular complexity index is 1180. The van der Waals surface area contributed by atoms with E-state index in [1.165, 1.54) is 18.9 Å². The lowest BCUT2D eigenvalue weighted by Gasteiger charge is -2.45. The van der Waals surface area contributed by atoms with Gasteiger partial charge in [0.05, 0.1) is 5.56 Å². The summed E-state index contributed by atoms with van der Waals surface area (Å²) in [6.45, 7) is 0.537. The largest absolute Gasteiger partial charge is 0.511 e. The Morgan fingerprint density at radius 3 is 2.50 bits per heavy atom. The highest BCUT2D eigenvalue weighted by molar-refractivity contribution is 6.24. The van der Waals surface area contributed by atoms with Crippen LogP contribution in [0.1, 0.15) is 60.0 Å². The molecule has 0 unspecified atom stereocenters. The van der Waals surface area contributed by atoms with Crippen LogP contribution in [-0.4, -0.2) is 49.5 Å². The van der Waals surface area contributed by atoms with Crippen molar-refractivity contribution in [2.45, 2.75) is 63.1 Å². The quantitative estimate of drug-likeness (QED) is 0.362. The van der Waals surface area contributed by atoms with Crippen molar-refractivity contribution in [1.82, 2.24) is 5.32 Å². The first-order valence-electron chi connectivity index (χ1n) is 11.7. The van der Waals surface area contributed by atoms with Gasteiger partial charge in [-0.25, -0.2) is 0 Å². The molecule has 4 aliphatic rings. The molecule has 0 radical (unpaired) electrons. The van der Waals surface area contributed by atoms with Crippen LogP contribution < -0.4 is 11.1 Å². The zero-order valence-electron chi connectivity index (χ0n) is 18.6. The number of hydrogen-bond acceptors (Lipinski definition) is 8. The van der Waals surface area contributed by atoms with E-state index in [4.69, 9.17) is 5.73 Å². The van der Waals surface area contributed by atoms with Crippen LogP contribution in [0.15, 0.2) is 34.8 Å². The number of rotatable bonds is 4. The molecule has 1 saturated carbocycles. The van der Waals surface area contributed by atoms with Crippen molar-refractivity contribution in [2.75, 3.05) is 0 Å². The van der Waals surface area contributed by atoms with Gasteiger partial charge in [-0.05, 0) is 48.8 Å². The first-order chi connectivity index (χ1) is 16.1. The highest BCUT2D eigenvalue weighted by Gasteiger charge is 2.59. The number of aliphatic hydroxyl groups is 3. The van der Waals surface area contributed by atoms with Crippen molar-refractivity contribution in [1.29, 1.82) is 0 Å². The van der Waals surface area contributed by atoms with Gasteiger partial charge in [0.25, 0.3) is 5.91 Å². The summed E-state index contributed by atoms with van der Waals surface area (Å²) in [7, 11) is 0. The first kappa shape index (κ1) is 22.6. The average molecular weight is 469 g/mol. The van der Waals surface area contributed by atoms with Crippen LogP contribution in [0, 0.1) is 11.8 Å². The number of Topliss-reactive ketones (excluding diaryl/α,β-unsaturated/α-hetero) is 2. The van der Waals surface area contributed by atoms with Crippen LogP contribution in [0.2, 0.25) is 0 Å². The highest BCUT2D eigenvalue weighted by Crippen LogP contribution is 2.51. The number of allylic oxidation sites excluding steroid dienone is 2. The molecule has 9 heteroatoms. The number of benzene rings is 1. The molecule has 0 aliphatic heterocycles.